The molecule has 1 aromatic carbocycles. The largest absolute Gasteiger partial charge is 0.497 e. The Labute approximate surface area is 91.4 Å². The Balaban J connectivity index is 2.31. The topological polar surface area (TPSA) is 35.2 Å². The Kier molecular flexibility index (Phi) is 5.35. The molecule has 0 saturated heterocycles. The van der Waals surface area contributed by atoms with Crippen LogP contribution in [0.15, 0.2) is 24.3 Å². The molecule has 0 spiro atoms. The minimum atomic E-state index is 0.461. The standard InChI is InChI=1S/C13H17NO/c1-15-13-9-7-12(8-10-13)6-4-2-3-5-11-14/h7-10H,2,4,6,11,14H2,1H3. The Morgan fingerprint density at radius 2 is 1.93 bits per heavy atom. The Hall–Kier alpha value is -1.46. The Morgan fingerprint density at radius 3 is 2.53 bits per heavy atom. The van der Waals surface area contributed by atoms with Gasteiger partial charge in [0, 0.05) is 6.42 Å². The summed E-state index contributed by atoms with van der Waals surface area (Å²) in [5.74, 6) is 6.79. The zero-order valence-electron chi connectivity index (χ0n) is 9.12. The van der Waals surface area contributed by atoms with Gasteiger partial charge in [-0.1, -0.05) is 18.1 Å². The number of hydrogen-bond acceptors (Lipinski definition) is 2. The number of nitrogens with two attached hydrogens (primary N) is 1. The van der Waals surface area contributed by atoms with Crippen molar-refractivity contribution in [1.82, 2.24) is 0 Å². The van der Waals surface area contributed by atoms with E-state index in [1.165, 1.54) is 5.56 Å². The van der Waals surface area contributed by atoms with Crippen molar-refractivity contribution < 1.29 is 4.74 Å². The van der Waals surface area contributed by atoms with Gasteiger partial charge in [0.15, 0.2) is 0 Å². The third-order valence-electron chi connectivity index (χ3n) is 2.15. The van der Waals surface area contributed by atoms with E-state index < -0.39 is 0 Å². The highest BCUT2D eigenvalue weighted by Gasteiger charge is 1.93. The van der Waals surface area contributed by atoms with Crippen molar-refractivity contribution in [3.63, 3.8) is 0 Å². The zero-order chi connectivity index (χ0) is 10.9. The first-order chi connectivity index (χ1) is 7.36. The fraction of sp³-hybridized carbons (Fsp3) is 0.385. The third kappa shape index (κ3) is 4.53. The van der Waals surface area contributed by atoms with Crippen LogP contribution in [0.25, 0.3) is 0 Å². The highest BCUT2D eigenvalue weighted by atomic mass is 16.5. The quantitative estimate of drug-likeness (QED) is 0.600. The number of rotatable bonds is 4. The Bertz CT molecular complexity index is 332. The lowest BCUT2D eigenvalue weighted by molar-refractivity contribution is 0.414. The highest BCUT2D eigenvalue weighted by molar-refractivity contribution is 5.27. The van der Waals surface area contributed by atoms with Gasteiger partial charge in [-0.25, -0.2) is 0 Å². The van der Waals surface area contributed by atoms with Gasteiger partial charge in [-0.3, -0.25) is 0 Å². The van der Waals surface area contributed by atoms with E-state index in [0.29, 0.717) is 6.54 Å². The predicted octanol–water partition coefficient (Wildman–Crippen LogP) is 1.98. The smallest absolute Gasteiger partial charge is 0.118 e. The molecule has 0 unspecified atom stereocenters. The van der Waals surface area contributed by atoms with Crippen LogP contribution in [0.1, 0.15) is 18.4 Å². The van der Waals surface area contributed by atoms with Gasteiger partial charge in [0.25, 0.3) is 0 Å². The van der Waals surface area contributed by atoms with Crippen molar-refractivity contribution in [2.24, 2.45) is 5.73 Å². The van der Waals surface area contributed by atoms with E-state index in [0.717, 1.165) is 25.0 Å². The molecular weight excluding hydrogens is 186 g/mol. The zero-order valence-corrected chi connectivity index (χ0v) is 9.12. The van der Waals surface area contributed by atoms with Gasteiger partial charge in [-0.05, 0) is 30.5 Å². The molecule has 0 amide bonds. The summed E-state index contributed by atoms with van der Waals surface area (Å²) in [7, 11) is 1.68. The number of ether oxygens (including phenoxy) is 1. The van der Waals surface area contributed by atoms with Crippen LogP contribution in [0.3, 0.4) is 0 Å². The van der Waals surface area contributed by atoms with Crippen molar-refractivity contribution in [3.8, 4) is 17.6 Å². The molecule has 0 aliphatic rings. The maximum Gasteiger partial charge on any atom is 0.118 e. The lowest BCUT2D eigenvalue weighted by Crippen LogP contribution is -1.93. The summed E-state index contributed by atoms with van der Waals surface area (Å²) in [6, 6.07) is 8.16. The summed E-state index contributed by atoms with van der Waals surface area (Å²) in [4.78, 5) is 0. The molecule has 0 aromatic heterocycles. The molecule has 2 nitrogen and oxygen atoms in total. The first-order valence-electron chi connectivity index (χ1n) is 5.15. The van der Waals surface area contributed by atoms with Gasteiger partial charge in [0.2, 0.25) is 0 Å². The maximum absolute atomic E-state index is 5.27. The number of unbranched alkanes of at least 4 members (excludes halogenated alkanes) is 1. The normalized spacial score (nSPS) is 9.20. The second kappa shape index (κ2) is 6.92. The molecule has 0 fully saturated rings. The van der Waals surface area contributed by atoms with Crippen LogP contribution < -0.4 is 10.5 Å². The molecule has 15 heavy (non-hydrogen) atoms. The van der Waals surface area contributed by atoms with Gasteiger partial charge in [-0.2, -0.15) is 0 Å². The Morgan fingerprint density at radius 1 is 1.20 bits per heavy atom. The van der Waals surface area contributed by atoms with E-state index >= 15 is 0 Å². The monoisotopic (exact) mass is 203 g/mol. The van der Waals surface area contributed by atoms with Gasteiger partial charge in [0.05, 0.1) is 13.7 Å². The highest BCUT2D eigenvalue weighted by Crippen LogP contribution is 2.12. The van der Waals surface area contributed by atoms with Crippen LogP contribution >= 0.6 is 0 Å². The number of methoxy groups -OCH3 is 1. The minimum Gasteiger partial charge on any atom is -0.497 e. The van der Waals surface area contributed by atoms with Crippen molar-refractivity contribution in [2.75, 3.05) is 13.7 Å². The summed E-state index contributed by atoms with van der Waals surface area (Å²) in [6.45, 7) is 0.461. The predicted molar refractivity (Wildman–Crippen MR) is 62.8 cm³/mol. The van der Waals surface area contributed by atoms with Crippen molar-refractivity contribution in [1.29, 1.82) is 0 Å². The summed E-state index contributed by atoms with van der Waals surface area (Å²) in [5.41, 5.74) is 6.59. The van der Waals surface area contributed by atoms with Crippen molar-refractivity contribution >= 4 is 0 Å². The van der Waals surface area contributed by atoms with E-state index in [9.17, 15) is 0 Å². The molecule has 0 atom stereocenters. The van der Waals surface area contributed by atoms with Crippen LogP contribution in [-0.4, -0.2) is 13.7 Å². The van der Waals surface area contributed by atoms with Crippen molar-refractivity contribution in [3.05, 3.63) is 29.8 Å². The molecule has 80 valence electrons. The maximum atomic E-state index is 5.27. The molecule has 0 radical (unpaired) electrons. The molecule has 1 rings (SSSR count). The second-order valence-corrected chi connectivity index (χ2v) is 3.26. The molecule has 0 aliphatic carbocycles. The summed E-state index contributed by atoms with van der Waals surface area (Å²) < 4.78 is 5.09. The minimum absolute atomic E-state index is 0.461. The van der Waals surface area contributed by atoms with Gasteiger partial charge < -0.3 is 10.5 Å². The summed E-state index contributed by atoms with van der Waals surface area (Å²) in [5, 5.41) is 0. The van der Waals surface area contributed by atoms with E-state index in [2.05, 4.69) is 24.0 Å². The molecular formula is C13H17NO. The van der Waals surface area contributed by atoms with Gasteiger partial charge in [-0.15, -0.1) is 5.92 Å². The molecule has 0 heterocycles. The molecule has 2 N–H and O–H groups in total. The van der Waals surface area contributed by atoms with E-state index in [-0.39, 0.29) is 0 Å². The summed E-state index contributed by atoms with van der Waals surface area (Å²) in [6.07, 6.45) is 3.06. The number of hydrogen-bond donors (Lipinski definition) is 1. The molecule has 0 saturated carbocycles. The van der Waals surface area contributed by atoms with E-state index in [4.69, 9.17) is 10.5 Å². The van der Waals surface area contributed by atoms with Crippen LogP contribution in [0.5, 0.6) is 5.75 Å². The average Bonchev–Trinajstić information content (AvgIpc) is 2.30. The SMILES string of the molecule is COc1ccc(CCCC#CCN)cc1. The average molecular weight is 203 g/mol. The number of benzene rings is 1. The number of aryl methyl sites for hydroxylation is 1. The van der Waals surface area contributed by atoms with E-state index in [1.54, 1.807) is 7.11 Å². The molecule has 0 bridgehead atoms. The van der Waals surface area contributed by atoms with E-state index in [1.807, 2.05) is 12.1 Å². The lowest BCUT2D eigenvalue weighted by Gasteiger charge is -2.01. The first-order valence-corrected chi connectivity index (χ1v) is 5.15. The van der Waals surface area contributed by atoms with Crippen molar-refractivity contribution in [2.45, 2.75) is 19.3 Å². The third-order valence-corrected chi connectivity index (χ3v) is 2.15. The van der Waals surface area contributed by atoms with Crippen LogP contribution in [0, 0.1) is 11.8 Å². The lowest BCUT2D eigenvalue weighted by atomic mass is 10.1. The summed E-state index contributed by atoms with van der Waals surface area (Å²) >= 11 is 0. The van der Waals surface area contributed by atoms with Crippen LogP contribution in [-0.2, 0) is 6.42 Å². The molecule has 0 aliphatic heterocycles. The first kappa shape index (κ1) is 11.6. The fourth-order valence-electron chi connectivity index (χ4n) is 1.33. The van der Waals surface area contributed by atoms with Crippen LogP contribution in [0.2, 0.25) is 0 Å². The molecule has 2 heteroatoms. The van der Waals surface area contributed by atoms with Gasteiger partial charge >= 0.3 is 0 Å². The second-order valence-electron chi connectivity index (χ2n) is 3.26. The fourth-order valence-corrected chi connectivity index (χ4v) is 1.33. The van der Waals surface area contributed by atoms with Gasteiger partial charge in [0.1, 0.15) is 5.75 Å². The van der Waals surface area contributed by atoms with Crippen LogP contribution in [0.4, 0.5) is 0 Å². The molecule has 1 aromatic rings.